The molecule has 2 nitrogen and oxygen atoms in total. The first-order chi connectivity index (χ1) is 10.1. The number of Topliss-reactive ketones (excluding diaryl/α,β-unsaturated/α-hetero) is 1. The molecule has 0 amide bonds. The van der Waals surface area contributed by atoms with Crippen LogP contribution >= 0.6 is 11.6 Å². The van der Waals surface area contributed by atoms with Gasteiger partial charge in [-0.25, -0.2) is 0 Å². The van der Waals surface area contributed by atoms with Crippen LogP contribution in [0.15, 0.2) is 54.6 Å². The van der Waals surface area contributed by atoms with Gasteiger partial charge >= 0.3 is 0 Å². The SMILES string of the molecule is CC(c1ccc(Cl)cc1)N(C)CCC(=O)c1ccccc1. The van der Waals surface area contributed by atoms with Crippen molar-refractivity contribution in [2.45, 2.75) is 19.4 Å². The summed E-state index contributed by atoms with van der Waals surface area (Å²) in [5.74, 6) is 0.186. The Labute approximate surface area is 131 Å². The lowest BCUT2D eigenvalue weighted by Crippen LogP contribution is -2.25. The summed E-state index contributed by atoms with van der Waals surface area (Å²) >= 11 is 5.91. The third-order valence-corrected chi connectivity index (χ3v) is 4.05. The number of nitrogens with zero attached hydrogens (tertiary/aromatic N) is 1. The van der Waals surface area contributed by atoms with Crippen LogP contribution in [0.4, 0.5) is 0 Å². The standard InChI is InChI=1S/C18H20ClNO/c1-14(15-8-10-17(19)11-9-15)20(2)13-12-18(21)16-6-4-3-5-7-16/h3-11,14H,12-13H2,1-2H3. The maximum absolute atomic E-state index is 12.1. The van der Waals surface area contributed by atoms with Crippen LogP contribution in [0.25, 0.3) is 0 Å². The van der Waals surface area contributed by atoms with E-state index in [1.54, 1.807) is 0 Å². The number of carbonyl (C=O) groups excluding carboxylic acids is 1. The Morgan fingerprint density at radius 2 is 1.71 bits per heavy atom. The zero-order chi connectivity index (χ0) is 15.2. The normalized spacial score (nSPS) is 12.4. The maximum atomic E-state index is 12.1. The van der Waals surface area contributed by atoms with Crippen LogP contribution in [0.5, 0.6) is 0 Å². The van der Waals surface area contributed by atoms with Crippen LogP contribution in [-0.2, 0) is 0 Å². The number of hydrogen-bond donors (Lipinski definition) is 0. The second-order valence-electron chi connectivity index (χ2n) is 5.25. The van der Waals surface area contributed by atoms with E-state index in [9.17, 15) is 4.79 Å². The molecule has 0 aromatic heterocycles. The van der Waals surface area contributed by atoms with Gasteiger partial charge in [-0.15, -0.1) is 0 Å². The molecule has 0 N–H and O–H groups in total. The molecule has 2 rings (SSSR count). The van der Waals surface area contributed by atoms with E-state index in [4.69, 9.17) is 11.6 Å². The Kier molecular flexibility index (Phi) is 5.54. The molecule has 110 valence electrons. The first kappa shape index (κ1) is 15.7. The van der Waals surface area contributed by atoms with Gasteiger partial charge in [-0.2, -0.15) is 0 Å². The molecule has 0 radical (unpaired) electrons. The van der Waals surface area contributed by atoms with Gasteiger partial charge in [0.25, 0.3) is 0 Å². The summed E-state index contributed by atoms with van der Waals surface area (Å²) in [6.45, 7) is 2.87. The van der Waals surface area contributed by atoms with Gasteiger partial charge in [0, 0.05) is 29.6 Å². The number of halogens is 1. The lowest BCUT2D eigenvalue weighted by atomic mass is 10.1. The summed E-state index contributed by atoms with van der Waals surface area (Å²) in [5, 5.41) is 0.743. The fourth-order valence-electron chi connectivity index (χ4n) is 2.24. The van der Waals surface area contributed by atoms with Gasteiger partial charge in [0.2, 0.25) is 0 Å². The van der Waals surface area contributed by atoms with Crippen molar-refractivity contribution in [2.75, 3.05) is 13.6 Å². The Bertz CT molecular complexity index is 580. The third kappa shape index (κ3) is 4.42. The van der Waals surface area contributed by atoms with Gasteiger partial charge in [-0.1, -0.05) is 54.1 Å². The van der Waals surface area contributed by atoms with Crippen molar-refractivity contribution < 1.29 is 4.79 Å². The van der Waals surface area contributed by atoms with Crippen molar-refractivity contribution in [3.05, 3.63) is 70.7 Å². The third-order valence-electron chi connectivity index (χ3n) is 3.80. The van der Waals surface area contributed by atoms with E-state index in [0.29, 0.717) is 6.42 Å². The number of hydrogen-bond acceptors (Lipinski definition) is 2. The van der Waals surface area contributed by atoms with Crippen molar-refractivity contribution in [1.29, 1.82) is 0 Å². The average Bonchev–Trinajstić information content (AvgIpc) is 2.53. The molecule has 1 unspecified atom stereocenters. The highest BCUT2D eigenvalue weighted by Crippen LogP contribution is 2.21. The lowest BCUT2D eigenvalue weighted by Gasteiger charge is -2.24. The summed E-state index contributed by atoms with van der Waals surface area (Å²) in [6, 6.07) is 17.6. The highest BCUT2D eigenvalue weighted by molar-refractivity contribution is 6.30. The summed E-state index contributed by atoms with van der Waals surface area (Å²) in [5.41, 5.74) is 1.99. The summed E-state index contributed by atoms with van der Waals surface area (Å²) in [6.07, 6.45) is 0.526. The second-order valence-corrected chi connectivity index (χ2v) is 5.68. The number of ketones is 1. The molecule has 0 heterocycles. The van der Waals surface area contributed by atoms with Gasteiger partial charge in [0.05, 0.1) is 0 Å². The molecule has 0 saturated carbocycles. The molecule has 0 saturated heterocycles. The quantitative estimate of drug-likeness (QED) is 0.726. The second kappa shape index (κ2) is 7.39. The van der Waals surface area contributed by atoms with Crippen molar-refractivity contribution in [1.82, 2.24) is 4.90 Å². The molecule has 0 fully saturated rings. The maximum Gasteiger partial charge on any atom is 0.164 e. The first-order valence-electron chi connectivity index (χ1n) is 7.12. The fraction of sp³-hybridized carbons (Fsp3) is 0.278. The Balaban J connectivity index is 1.91. The molecule has 0 bridgehead atoms. The number of benzene rings is 2. The fourth-order valence-corrected chi connectivity index (χ4v) is 2.36. The Morgan fingerprint density at radius 1 is 1.10 bits per heavy atom. The van der Waals surface area contributed by atoms with Crippen LogP contribution in [0.1, 0.15) is 35.3 Å². The Hall–Kier alpha value is -1.64. The summed E-state index contributed by atoms with van der Waals surface area (Å²) < 4.78 is 0. The monoisotopic (exact) mass is 301 g/mol. The molecular formula is C18H20ClNO. The summed E-state index contributed by atoms with van der Waals surface area (Å²) in [4.78, 5) is 14.3. The Morgan fingerprint density at radius 3 is 2.33 bits per heavy atom. The van der Waals surface area contributed by atoms with Gasteiger partial charge in [0.15, 0.2) is 5.78 Å². The first-order valence-corrected chi connectivity index (χ1v) is 7.49. The van der Waals surface area contributed by atoms with Gasteiger partial charge in [0.1, 0.15) is 0 Å². The number of rotatable bonds is 6. The molecule has 21 heavy (non-hydrogen) atoms. The van der Waals surface area contributed by atoms with Gasteiger partial charge < -0.3 is 0 Å². The smallest absolute Gasteiger partial charge is 0.164 e. The number of carbonyl (C=O) groups is 1. The van der Waals surface area contributed by atoms with Gasteiger partial charge in [-0.3, -0.25) is 9.69 Å². The molecule has 2 aromatic rings. The zero-order valence-electron chi connectivity index (χ0n) is 12.4. The van der Waals surface area contributed by atoms with E-state index in [2.05, 4.69) is 11.8 Å². The van der Waals surface area contributed by atoms with E-state index in [0.717, 1.165) is 17.1 Å². The molecule has 0 aliphatic heterocycles. The minimum atomic E-state index is 0.186. The van der Waals surface area contributed by atoms with E-state index in [1.165, 1.54) is 5.56 Å². The van der Waals surface area contributed by atoms with Crippen LogP contribution < -0.4 is 0 Å². The van der Waals surface area contributed by atoms with Crippen LogP contribution in [0.3, 0.4) is 0 Å². The molecule has 3 heteroatoms. The predicted molar refractivity (Wildman–Crippen MR) is 87.9 cm³/mol. The van der Waals surface area contributed by atoms with Crippen LogP contribution in [0.2, 0.25) is 5.02 Å². The highest BCUT2D eigenvalue weighted by atomic mass is 35.5. The van der Waals surface area contributed by atoms with E-state index >= 15 is 0 Å². The molecule has 0 spiro atoms. The van der Waals surface area contributed by atoms with Crippen molar-refractivity contribution >= 4 is 17.4 Å². The van der Waals surface area contributed by atoms with Crippen LogP contribution in [0, 0.1) is 0 Å². The van der Waals surface area contributed by atoms with E-state index in [1.807, 2.05) is 61.6 Å². The van der Waals surface area contributed by atoms with Crippen LogP contribution in [-0.4, -0.2) is 24.3 Å². The average molecular weight is 302 g/mol. The zero-order valence-corrected chi connectivity index (χ0v) is 13.2. The molecule has 1 atom stereocenters. The predicted octanol–water partition coefficient (Wildman–Crippen LogP) is 4.61. The van der Waals surface area contributed by atoms with Crippen molar-refractivity contribution in [3.63, 3.8) is 0 Å². The summed E-state index contributed by atoms with van der Waals surface area (Å²) in [7, 11) is 2.04. The largest absolute Gasteiger partial charge is 0.299 e. The molecule has 0 aliphatic carbocycles. The van der Waals surface area contributed by atoms with Gasteiger partial charge in [-0.05, 0) is 31.7 Å². The molecular weight excluding hydrogens is 282 g/mol. The van der Waals surface area contributed by atoms with Crippen molar-refractivity contribution in [2.24, 2.45) is 0 Å². The lowest BCUT2D eigenvalue weighted by molar-refractivity contribution is 0.0962. The highest BCUT2D eigenvalue weighted by Gasteiger charge is 2.13. The minimum Gasteiger partial charge on any atom is -0.299 e. The minimum absolute atomic E-state index is 0.186. The van der Waals surface area contributed by atoms with E-state index in [-0.39, 0.29) is 11.8 Å². The molecule has 2 aromatic carbocycles. The molecule has 0 aliphatic rings. The van der Waals surface area contributed by atoms with Crippen molar-refractivity contribution in [3.8, 4) is 0 Å². The topological polar surface area (TPSA) is 20.3 Å². The van der Waals surface area contributed by atoms with E-state index < -0.39 is 0 Å².